The van der Waals surface area contributed by atoms with Crippen LogP contribution in [0.1, 0.15) is 20.8 Å². The normalized spacial score (nSPS) is 15.4. The second-order valence-corrected chi connectivity index (χ2v) is 3.77. The van der Waals surface area contributed by atoms with Crippen LogP contribution in [0.3, 0.4) is 0 Å². The number of ether oxygens (including phenoxy) is 1. The molecule has 0 aromatic heterocycles. The van der Waals surface area contributed by atoms with Crippen LogP contribution >= 0.6 is 0 Å². The minimum Gasteiger partial charge on any atom is -0.467 e. The smallest absolute Gasteiger partial charge is 0.328 e. The fraction of sp³-hybridized carbons (Fsp3) is 0.700. The SMILES string of the molecule is COC(=O)[C@H](C)NC(=O)[C@@H](C)NC(=O)[C@H](C)N. The summed E-state index contributed by atoms with van der Waals surface area (Å²) in [6.45, 7) is 4.50. The summed E-state index contributed by atoms with van der Waals surface area (Å²) >= 11 is 0. The number of hydrogen-bond donors (Lipinski definition) is 3. The van der Waals surface area contributed by atoms with E-state index in [0.29, 0.717) is 0 Å². The second-order valence-electron chi connectivity index (χ2n) is 3.77. The first-order valence-electron chi connectivity index (χ1n) is 5.23. The van der Waals surface area contributed by atoms with E-state index in [4.69, 9.17) is 5.73 Å². The van der Waals surface area contributed by atoms with Gasteiger partial charge in [-0.3, -0.25) is 9.59 Å². The van der Waals surface area contributed by atoms with Crippen LogP contribution in [0, 0.1) is 0 Å². The zero-order chi connectivity index (χ0) is 13.6. The van der Waals surface area contributed by atoms with Crippen molar-refractivity contribution in [3.05, 3.63) is 0 Å². The van der Waals surface area contributed by atoms with Crippen LogP contribution in [0.4, 0.5) is 0 Å². The van der Waals surface area contributed by atoms with Crippen molar-refractivity contribution in [1.82, 2.24) is 10.6 Å². The summed E-state index contributed by atoms with van der Waals surface area (Å²) in [5, 5.41) is 4.82. The van der Waals surface area contributed by atoms with E-state index >= 15 is 0 Å². The molecule has 0 saturated carbocycles. The minimum atomic E-state index is -0.763. The highest BCUT2D eigenvalue weighted by molar-refractivity contribution is 5.91. The molecule has 98 valence electrons. The van der Waals surface area contributed by atoms with Crippen LogP contribution in [0.5, 0.6) is 0 Å². The van der Waals surface area contributed by atoms with Crippen molar-refractivity contribution >= 4 is 17.8 Å². The lowest BCUT2D eigenvalue weighted by atomic mass is 10.2. The van der Waals surface area contributed by atoms with Gasteiger partial charge in [0.05, 0.1) is 13.2 Å². The quantitative estimate of drug-likeness (QED) is 0.511. The van der Waals surface area contributed by atoms with E-state index in [1.165, 1.54) is 27.9 Å². The summed E-state index contributed by atoms with van der Waals surface area (Å²) in [5.74, 6) is -1.46. The molecule has 0 bridgehead atoms. The number of rotatable bonds is 5. The highest BCUT2D eigenvalue weighted by Gasteiger charge is 2.21. The van der Waals surface area contributed by atoms with E-state index in [-0.39, 0.29) is 0 Å². The third-order valence-corrected chi connectivity index (χ3v) is 2.08. The number of carbonyl (C=O) groups excluding carboxylic acids is 3. The predicted octanol–water partition coefficient (Wildman–Crippen LogP) is -1.48. The lowest BCUT2D eigenvalue weighted by molar-refractivity contribution is -0.144. The van der Waals surface area contributed by atoms with Gasteiger partial charge in [0.15, 0.2) is 0 Å². The number of nitrogens with two attached hydrogens (primary N) is 1. The van der Waals surface area contributed by atoms with E-state index in [1.807, 2.05) is 0 Å². The molecule has 4 N–H and O–H groups in total. The molecule has 0 fully saturated rings. The molecule has 0 unspecified atom stereocenters. The second kappa shape index (κ2) is 6.85. The van der Waals surface area contributed by atoms with Crippen molar-refractivity contribution in [2.24, 2.45) is 5.73 Å². The summed E-state index contributed by atoms with van der Waals surface area (Å²) in [7, 11) is 1.23. The molecule has 7 nitrogen and oxygen atoms in total. The maximum absolute atomic E-state index is 11.6. The highest BCUT2D eigenvalue weighted by atomic mass is 16.5. The van der Waals surface area contributed by atoms with Crippen LogP contribution in [-0.4, -0.2) is 43.0 Å². The van der Waals surface area contributed by atoms with Crippen molar-refractivity contribution in [2.75, 3.05) is 7.11 Å². The zero-order valence-corrected chi connectivity index (χ0v) is 10.4. The van der Waals surface area contributed by atoms with Gasteiger partial charge in [0.25, 0.3) is 0 Å². The van der Waals surface area contributed by atoms with E-state index in [1.54, 1.807) is 0 Å². The first-order chi connectivity index (χ1) is 7.79. The molecule has 7 heteroatoms. The molecule has 0 aromatic rings. The average molecular weight is 245 g/mol. The fourth-order valence-electron chi connectivity index (χ4n) is 0.984. The maximum Gasteiger partial charge on any atom is 0.328 e. The third-order valence-electron chi connectivity index (χ3n) is 2.08. The van der Waals surface area contributed by atoms with Crippen LogP contribution in [0.15, 0.2) is 0 Å². The molecule has 0 spiro atoms. The number of hydrogen-bond acceptors (Lipinski definition) is 5. The Balaban J connectivity index is 4.23. The van der Waals surface area contributed by atoms with Gasteiger partial charge in [-0.15, -0.1) is 0 Å². The number of methoxy groups -OCH3 is 1. The molecule has 0 rings (SSSR count). The lowest BCUT2D eigenvalue weighted by Crippen LogP contribution is -2.52. The summed E-state index contributed by atoms with van der Waals surface area (Å²) in [4.78, 5) is 33.8. The third kappa shape index (κ3) is 5.30. The van der Waals surface area contributed by atoms with E-state index < -0.39 is 35.9 Å². The van der Waals surface area contributed by atoms with Crippen molar-refractivity contribution in [2.45, 2.75) is 38.9 Å². The van der Waals surface area contributed by atoms with Gasteiger partial charge in [0.2, 0.25) is 11.8 Å². The molecule has 0 radical (unpaired) electrons. The Morgan fingerprint density at radius 3 is 1.88 bits per heavy atom. The molecule has 0 aromatic carbocycles. The van der Waals surface area contributed by atoms with Crippen molar-refractivity contribution in [3.63, 3.8) is 0 Å². The van der Waals surface area contributed by atoms with Crippen LogP contribution in [-0.2, 0) is 19.1 Å². The van der Waals surface area contributed by atoms with Crippen molar-refractivity contribution < 1.29 is 19.1 Å². The Morgan fingerprint density at radius 1 is 1.00 bits per heavy atom. The maximum atomic E-state index is 11.6. The fourth-order valence-corrected chi connectivity index (χ4v) is 0.984. The molecule has 2 amide bonds. The molecule has 0 heterocycles. The van der Waals surface area contributed by atoms with Crippen molar-refractivity contribution in [3.8, 4) is 0 Å². The molecular formula is C10H19N3O4. The van der Waals surface area contributed by atoms with E-state index in [2.05, 4.69) is 15.4 Å². The van der Waals surface area contributed by atoms with Gasteiger partial charge in [-0.25, -0.2) is 4.79 Å². The molecule has 3 atom stereocenters. The van der Waals surface area contributed by atoms with Gasteiger partial charge in [-0.05, 0) is 20.8 Å². The summed E-state index contributed by atoms with van der Waals surface area (Å²) < 4.78 is 4.45. The van der Waals surface area contributed by atoms with Gasteiger partial charge in [0, 0.05) is 0 Å². The van der Waals surface area contributed by atoms with Crippen LogP contribution in [0.2, 0.25) is 0 Å². The number of amides is 2. The number of nitrogens with one attached hydrogen (secondary N) is 2. The van der Waals surface area contributed by atoms with Gasteiger partial charge < -0.3 is 21.1 Å². The van der Waals surface area contributed by atoms with Gasteiger partial charge in [0.1, 0.15) is 12.1 Å². The Kier molecular flexibility index (Phi) is 6.19. The lowest BCUT2D eigenvalue weighted by Gasteiger charge is -2.17. The molecule has 0 aliphatic heterocycles. The molecule has 17 heavy (non-hydrogen) atoms. The topological polar surface area (TPSA) is 111 Å². The summed E-state index contributed by atoms with van der Waals surface area (Å²) in [6.07, 6.45) is 0. The minimum absolute atomic E-state index is 0.432. The van der Waals surface area contributed by atoms with Gasteiger partial charge in [-0.2, -0.15) is 0 Å². The van der Waals surface area contributed by atoms with E-state index in [0.717, 1.165) is 0 Å². The monoisotopic (exact) mass is 245 g/mol. The Bertz CT molecular complexity index is 304. The average Bonchev–Trinajstić information content (AvgIpc) is 2.27. The number of esters is 1. The Hall–Kier alpha value is -1.63. The first kappa shape index (κ1) is 15.4. The molecule has 0 saturated heterocycles. The zero-order valence-electron chi connectivity index (χ0n) is 10.4. The summed E-state index contributed by atoms with van der Waals surface area (Å²) in [6, 6.07) is -2.22. The predicted molar refractivity (Wildman–Crippen MR) is 60.9 cm³/mol. The molecule has 0 aliphatic carbocycles. The highest BCUT2D eigenvalue weighted by Crippen LogP contribution is 1.90. The van der Waals surface area contributed by atoms with Crippen LogP contribution in [0.25, 0.3) is 0 Å². The van der Waals surface area contributed by atoms with E-state index in [9.17, 15) is 14.4 Å². The van der Waals surface area contributed by atoms with Gasteiger partial charge in [-0.1, -0.05) is 0 Å². The Labute approximate surface area is 100 Å². The standard InChI is InChI=1S/C10H19N3O4/c1-5(11)8(14)12-6(2)9(15)13-7(3)10(16)17-4/h5-7H,11H2,1-4H3,(H,12,14)(H,13,15)/t5-,6+,7-/m0/s1. The molecular weight excluding hydrogens is 226 g/mol. The van der Waals surface area contributed by atoms with Gasteiger partial charge >= 0.3 is 5.97 Å². The molecule has 0 aliphatic rings. The Morgan fingerprint density at radius 2 is 1.47 bits per heavy atom. The number of carbonyl (C=O) groups is 3. The summed E-state index contributed by atoms with van der Waals surface area (Å²) in [5.41, 5.74) is 5.34. The van der Waals surface area contributed by atoms with Crippen LogP contribution < -0.4 is 16.4 Å². The van der Waals surface area contributed by atoms with Crippen molar-refractivity contribution in [1.29, 1.82) is 0 Å². The largest absolute Gasteiger partial charge is 0.467 e. The first-order valence-corrected chi connectivity index (χ1v) is 5.23.